The van der Waals surface area contributed by atoms with Gasteiger partial charge in [-0.25, -0.2) is 13.2 Å². The zero-order chi connectivity index (χ0) is 15.6. The molecule has 1 amide bonds. The van der Waals surface area contributed by atoms with Crippen molar-refractivity contribution in [3.63, 3.8) is 0 Å². The van der Waals surface area contributed by atoms with E-state index in [0.717, 1.165) is 0 Å². The van der Waals surface area contributed by atoms with Crippen molar-refractivity contribution in [2.45, 2.75) is 13.0 Å². The first kappa shape index (κ1) is 15.1. The standard InChI is InChI=1S/C15H13F3N2O/c1-8(19)10-4-2-3-5-13(10)20-15(21)9-6-11(16)14(18)12(17)7-9/h2-8H,19H2,1H3,(H,20,21). The average molecular weight is 294 g/mol. The molecule has 1 atom stereocenters. The van der Waals surface area contributed by atoms with Gasteiger partial charge in [0.1, 0.15) is 0 Å². The van der Waals surface area contributed by atoms with Crippen molar-refractivity contribution in [2.24, 2.45) is 5.73 Å². The summed E-state index contributed by atoms with van der Waals surface area (Å²) in [5, 5.41) is 2.51. The molecule has 110 valence electrons. The fourth-order valence-corrected chi connectivity index (χ4v) is 1.89. The summed E-state index contributed by atoms with van der Waals surface area (Å²) in [5.74, 6) is -5.19. The number of hydrogen-bond donors (Lipinski definition) is 2. The summed E-state index contributed by atoms with van der Waals surface area (Å²) < 4.78 is 39.1. The van der Waals surface area contributed by atoms with Crippen LogP contribution in [0.1, 0.15) is 28.9 Å². The fourth-order valence-electron chi connectivity index (χ4n) is 1.89. The van der Waals surface area contributed by atoms with Crippen LogP contribution in [0, 0.1) is 17.5 Å². The number of nitrogens with one attached hydrogen (secondary N) is 1. The molecule has 0 heterocycles. The van der Waals surface area contributed by atoms with Crippen LogP contribution in [-0.2, 0) is 0 Å². The van der Waals surface area contributed by atoms with E-state index in [0.29, 0.717) is 23.4 Å². The fraction of sp³-hybridized carbons (Fsp3) is 0.133. The van der Waals surface area contributed by atoms with E-state index in [1.54, 1.807) is 31.2 Å². The Hall–Kier alpha value is -2.34. The molecule has 0 saturated carbocycles. The third-order valence-electron chi connectivity index (χ3n) is 2.95. The maximum Gasteiger partial charge on any atom is 0.255 e. The van der Waals surface area contributed by atoms with Gasteiger partial charge in [0.05, 0.1) is 0 Å². The van der Waals surface area contributed by atoms with E-state index in [4.69, 9.17) is 5.73 Å². The van der Waals surface area contributed by atoms with Crippen LogP contribution in [0.15, 0.2) is 36.4 Å². The van der Waals surface area contributed by atoms with Crippen LogP contribution in [0.5, 0.6) is 0 Å². The summed E-state index contributed by atoms with van der Waals surface area (Å²) in [6.07, 6.45) is 0. The van der Waals surface area contributed by atoms with Gasteiger partial charge in [-0.15, -0.1) is 0 Å². The molecule has 0 radical (unpaired) electrons. The van der Waals surface area contributed by atoms with Crippen LogP contribution in [0.3, 0.4) is 0 Å². The number of hydrogen-bond acceptors (Lipinski definition) is 2. The van der Waals surface area contributed by atoms with Crippen molar-refractivity contribution in [3.8, 4) is 0 Å². The number of carbonyl (C=O) groups is 1. The number of nitrogens with two attached hydrogens (primary N) is 1. The molecule has 6 heteroatoms. The molecule has 0 bridgehead atoms. The predicted octanol–water partition coefficient (Wildman–Crippen LogP) is 3.38. The largest absolute Gasteiger partial charge is 0.324 e. The van der Waals surface area contributed by atoms with E-state index in [2.05, 4.69) is 5.32 Å². The van der Waals surface area contributed by atoms with E-state index in [-0.39, 0.29) is 11.6 Å². The smallest absolute Gasteiger partial charge is 0.255 e. The highest BCUT2D eigenvalue weighted by atomic mass is 19.2. The van der Waals surface area contributed by atoms with Gasteiger partial charge in [-0.05, 0) is 30.7 Å². The van der Waals surface area contributed by atoms with Gasteiger partial charge >= 0.3 is 0 Å². The Morgan fingerprint density at radius 3 is 2.29 bits per heavy atom. The highest BCUT2D eigenvalue weighted by molar-refractivity contribution is 6.04. The van der Waals surface area contributed by atoms with Crippen LogP contribution >= 0.6 is 0 Å². The minimum Gasteiger partial charge on any atom is -0.324 e. The monoisotopic (exact) mass is 294 g/mol. The minimum atomic E-state index is -1.61. The lowest BCUT2D eigenvalue weighted by atomic mass is 10.1. The number of carbonyl (C=O) groups excluding carboxylic acids is 1. The zero-order valence-electron chi connectivity index (χ0n) is 11.2. The second-order valence-electron chi connectivity index (χ2n) is 4.58. The molecular formula is C15H13F3N2O. The molecule has 0 aliphatic rings. The highest BCUT2D eigenvalue weighted by Crippen LogP contribution is 2.22. The second-order valence-corrected chi connectivity index (χ2v) is 4.58. The Morgan fingerprint density at radius 1 is 1.14 bits per heavy atom. The Balaban J connectivity index is 2.31. The molecule has 0 aliphatic heterocycles. The molecule has 3 N–H and O–H groups in total. The van der Waals surface area contributed by atoms with Gasteiger partial charge in [-0.1, -0.05) is 18.2 Å². The summed E-state index contributed by atoms with van der Waals surface area (Å²) in [6, 6.07) is 7.74. The third-order valence-corrected chi connectivity index (χ3v) is 2.95. The van der Waals surface area contributed by atoms with Crippen molar-refractivity contribution < 1.29 is 18.0 Å². The first-order valence-electron chi connectivity index (χ1n) is 6.20. The Morgan fingerprint density at radius 2 is 1.71 bits per heavy atom. The van der Waals surface area contributed by atoms with Gasteiger partial charge in [0.2, 0.25) is 0 Å². The molecular weight excluding hydrogens is 281 g/mol. The molecule has 0 aromatic heterocycles. The van der Waals surface area contributed by atoms with Gasteiger partial charge in [0.15, 0.2) is 17.5 Å². The predicted molar refractivity (Wildman–Crippen MR) is 73.3 cm³/mol. The molecule has 1 unspecified atom stereocenters. The first-order chi connectivity index (χ1) is 9.90. The number of halogens is 3. The second kappa shape index (κ2) is 5.97. The highest BCUT2D eigenvalue weighted by Gasteiger charge is 2.16. The van der Waals surface area contributed by atoms with Crippen LogP contribution in [-0.4, -0.2) is 5.91 Å². The Bertz CT molecular complexity index is 663. The van der Waals surface area contributed by atoms with Crippen molar-refractivity contribution in [2.75, 3.05) is 5.32 Å². The van der Waals surface area contributed by atoms with Gasteiger partial charge in [0, 0.05) is 17.3 Å². The van der Waals surface area contributed by atoms with Crippen LogP contribution in [0.25, 0.3) is 0 Å². The van der Waals surface area contributed by atoms with Gasteiger partial charge in [-0.3, -0.25) is 4.79 Å². The van der Waals surface area contributed by atoms with Gasteiger partial charge in [0.25, 0.3) is 5.91 Å². The summed E-state index contributed by atoms with van der Waals surface area (Å²) >= 11 is 0. The van der Waals surface area contributed by atoms with Crippen molar-refractivity contribution >= 4 is 11.6 Å². The maximum atomic E-state index is 13.1. The van der Waals surface area contributed by atoms with Crippen LogP contribution in [0.2, 0.25) is 0 Å². The topological polar surface area (TPSA) is 55.1 Å². The number of rotatable bonds is 3. The summed E-state index contributed by atoms with van der Waals surface area (Å²) in [4.78, 5) is 12.0. The van der Waals surface area contributed by atoms with Crippen LogP contribution < -0.4 is 11.1 Å². The zero-order valence-corrected chi connectivity index (χ0v) is 11.2. The van der Waals surface area contributed by atoms with E-state index in [9.17, 15) is 18.0 Å². The average Bonchev–Trinajstić information content (AvgIpc) is 2.44. The van der Waals surface area contributed by atoms with E-state index in [1.165, 1.54) is 0 Å². The van der Waals surface area contributed by atoms with Crippen molar-refractivity contribution in [1.29, 1.82) is 0 Å². The quantitative estimate of drug-likeness (QED) is 0.853. The van der Waals surface area contributed by atoms with Gasteiger partial charge < -0.3 is 11.1 Å². The van der Waals surface area contributed by atoms with E-state index >= 15 is 0 Å². The molecule has 3 nitrogen and oxygen atoms in total. The summed E-state index contributed by atoms with van der Waals surface area (Å²) in [7, 11) is 0. The summed E-state index contributed by atoms with van der Waals surface area (Å²) in [6.45, 7) is 1.74. The molecule has 0 aliphatic carbocycles. The Labute approximate surface area is 119 Å². The van der Waals surface area contributed by atoms with Crippen LogP contribution in [0.4, 0.5) is 18.9 Å². The number of para-hydroxylation sites is 1. The normalized spacial score (nSPS) is 12.0. The van der Waals surface area contributed by atoms with E-state index in [1.807, 2.05) is 0 Å². The SMILES string of the molecule is CC(N)c1ccccc1NC(=O)c1cc(F)c(F)c(F)c1. The molecule has 2 aromatic rings. The van der Waals surface area contributed by atoms with Crippen molar-refractivity contribution in [3.05, 3.63) is 65.0 Å². The van der Waals surface area contributed by atoms with E-state index < -0.39 is 23.4 Å². The molecule has 21 heavy (non-hydrogen) atoms. The lowest BCUT2D eigenvalue weighted by molar-refractivity contribution is 0.102. The molecule has 2 rings (SSSR count). The molecule has 0 saturated heterocycles. The number of anilines is 1. The third kappa shape index (κ3) is 3.22. The van der Waals surface area contributed by atoms with Gasteiger partial charge in [-0.2, -0.15) is 0 Å². The molecule has 0 spiro atoms. The number of amides is 1. The lowest BCUT2D eigenvalue weighted by Crippen LogP contribution is -2.16. The maximum absolute atomic E-state index is 13.1. The molecule has 0 fully saturated rings. The molecule has 2 aromatic carbocycles. The number of benzene rings is 2. The summed E-state index contributed by atoms with van der Waals surface area (Å²) in [5.41, 5.74) is 6.57. The Kier molecular flexibility index (Phi) is 4.28. The first-order valence-corrected chi connectivity index (χ1v) is 6.20. The van der Waals surface area contributed by atoms with Crippen molar-refractivity contribution in [1.82, 2.24) is 0 Å². The minimum absolute atomic E-state index is 0.314. The lowest BCUT2D eigenvalue weighted by Gasteiger charge is -2.13.